The number of β-amino-alcohol motifs (C(OH)–C–C–N with tert-alkyl or cyclic N) is 2. The van der Waals surface area contributed by atoms with Crippen LogP contribution in [0.3, 0.4) is 0 Å². The SMILES string of the molecule is O[C@H](COc1c(Cl)cccc1Cl)CN1CCC[C@H](O)C1. The van der Waals surface area contributed by atoms with E-state index in [-0.39, 0.29) is 12.7 Å². The summed E-state index contributed by atoms with van der Waals surface area (Å²) in [5.74, 6) is 0.397. The molecule has 1 aromatic carbocycles. The molecule has 0 radical (unpaired) electrons. The van der Waals surface area contributed by atoms with Crippen LogP contribution in [-0.4, -0.2) is 53.6 Å². The fourth-order valence-corrected chi connectivity index (χ4v) is 2.85. The summed E-state index contributed by atoms with van der Waals surface area (Å²) >= 11 is 12.0. The topological polar surface area (TPSA) is 52.9 Å². The molecule has 0 bridgehead atoms. The van der Waals surface area contributed by atoms with E-state index < -0.39 is 6.10 Å². The summed E-state index contributed by atoms with van der Waals surface area (Å²) in [6.07, 6.45) is 0.839. The zero-order chi connectivity index (χ0) is 14.5. The van der Waals surface area contributed by atoms with Crippen LogP contribution in [-0.2, 0) is 0 Å². The molecule has 1 aliphatic rings. The Morgan fingerprint density at radius 3 is 2.70 bits per heavy atom. The molecule has 0 amide bonds. The van der Waals surface area contributed by atoms with E-state index in [0.29, 0.717) is 28.9 Å². The fourth-order valence-electron chi connectivity index (χ4n) is 2.35. The molecule has 6 heteroatoms. The molecule has 0 aromatic heterocycles. The predicted octanol–water partition coefficient (Wildman–Crippen LogP) is 2.19. The van der Waals surface area contributed by atoms with Crippen molar-refractivity contribution in [2.45, 2.75) is 25.0 Å². The molecule has 0 spiro atoms. The number of rotatable bonds is 5. The fraction of sp³-hybridized carbons (Fsp3) is 0.571. The van der Waals surface area contributed by atoms with Crippen LogP contribution in [0.4, 0.5) is 0 Å². The van der Waals surface area contributed by atoms with Gasteiger partial charge in [0.15, 0.2) is 5.75 Å². The van der Waals surface area contributed by atoms with Crippen molar-refractivity contribution in [2.24, 2.45) is 0 Å². The van der Waals surface area contributed by atoms with E-state index in [1.54, 1.807) is 18.2 Å². The Labute approximate surface area is 128 Å². The minimum Gasteiger partial charge on any atom is -0.488 e. The first kappa shape index (κ1) is 15.9. The molecule has 2 N–H and O–H groups in total. The molecular formula is C14H19Cl2NO3. The van der Waals surface area contributed by atoms with Gasteiger partial charge in [0, 0.05) is 13.1 Å². The molecule has 2 atom stereocenters. The van der Waals surface area contributed by atoms with Gasteiger partial charge < -0.3 is 14.9 Å². The maximum Gasteiger partial charge on any atom is 0.156 e. The van der Waals surface area contributed by atoms with Crippen molar-refractivity contribution in [2.75, 3.05) is 26.2 Å². The number of benzene rings is 1. The molecule has 1 saturated heterocycles. The third kappa shape index (κ3) is 4.50. The number of likely N-dealkylation sites (tertiary alicyclic amines) is 1. The average Bonchev–Trinajstić information content (AvgIpc) is 2.38. The van der Waals surface area contributed by atoms with Gasteiger partial charge in [-0.05, 0) is 31.5 Å². The van der Waals surface area contributed by atoms with Gasteiger partial charge in [0.05, 0.1) is 16.1 Å². The van der Waals surface area contributed by atoms with Gasteiger partial charge in [0.2, 0.25) is 0 Å². The Kier molecular flexibility index (Phi) is 5.93. The zero-order valence-corrected chi connectivity index (χ0v) is 12.6. The third-order valence-electron chi connectivity index (χ3n) is 3.29. The van der Waals surface area contributed by atoms with Gasteiger partial charge in [-0.25, -0.2) is 0 Å². The van der Waals surface area contributed by atoms with Crippen molar-refractivity contribution in [3.05, 3.63) is 28.2 Å². The standard InChI is InChI=1S/C14H19Cl2NO3/c15-12-4-1-5-13(16)14(12)20-9-11(19)8-17-6-2-3-10(18)7-17/h1,4-5,10-11,18-19H,2-3,6-9H2/t10-,11-/m0/s1. The molecule has 0 saturated carbocycles. The van der Waals surface area contributed by atoms with E-state index in [0.717, 1.165) is 19.4 Å². The second kappa shape index (κ2) is 7.48. The predicted molar refractivity (Wildman–Crippen MR) is 79.6 cm³/mol. The van der Waals surface area contributed by atoms with Gasteiger partial charge in [-0.3, -0.25) is 4.90 Å². The molecule has 0 unspecified atom stereocenters. The number of nitrogens with zero attached hydrogens (tertiary/aromatic N) is 1. The van der Waals surface area contributed by atoms with Crippen molar-refractivity contribution in [1.82, 2.24) is 4.90 Å². The maximum absolute atomic E-state index is 10.00. The second-order valence-electron chi connectivity index (χ2n) is 5.07. The van der Waals surface area contributed by atoms with Gasteiger partial charge in [-0.2, -0.15) is 0 Å². The highest BCUT2D eigenvalue weighted by Gasteiger charge is 2.20. The first-order valence-electron chi connectivity index (χ1n) is 6.71. The minimum absolute atomic E-state index is 0.121. The molecule has 0 aliphatic carbocycles. The van der Waals surface area contributed by atoms with E-state index in [9.17, 15) is 10.2 Å². The number of hydrogen-bond donors (Lipinski definition) is 2. The first-order chi connectivity index (χ1) is 9.56. The van der Waals surface area contributed by atoms with E-state index >= 15 is 0 Å². The smallest absolute Gasteiger partial charge is 0.156 e. The van der Waals surface area contributed by atoms with E-state index in [2.05, 4.69) is 0 Å². The van der Waals surface area contributed by atoms with Gasteiger partial charge in [0.1, 0.15) is 12.7 Å². The highest BCUT2D eigenvalue weighted by atomic mass is 35.5. The lowest BCUT2D eigenvalue weighted by molar-refractivity contribution is 0.0243. The summed E-state index contributed by atoms with van der Waals surface area (Å²) in [6, 6.07) is 5.12. The lowest BCUT2D eigenvalue weighted by Crippen LogP contribution is -2.43. The van der Waals surface area contributed by atoms with E-state index in [1.807, 2.05) is 4.90 Å². The number of piperidine rings is 1. The van der Waals surface area contributed by atoms with Crippen molar-refractivity contribution in [3.63, 3.8) is 0 Å². The average molecular weight is 320 g/mol. The minimum atomic E-state index is -0.646. The van der Waals surface area contributed by atoms with Crippen LogP contribution in [0.25, 0.3) is 0 Å². The maximum atomic E-state index is 10.00. The lowest BCUT2D eigenvalue weighted by atomic mass is 10.1. The quantitative estimate of drug-likeness (QED) is 0.873. The highest BCUT2D eigenvalue weighted by Crippen LogP contribution is 2.32. The summed E-state index contributed by atoms with van der Waals surface area (Å²) in [4.78, 5) is 2.04. The molecule has 4 nitrogen and oxygen atoms in total. The van der Waals surface area contributed by atoms with Crippen molar-refractivity contribution in [3.8, 4) is 5.75 Å². The molecule has 20 heavy (non-hydrogen) atoms. The van der Waals surface area contributed by atoms with E-state index in [1.165, 1.54) is 0 Å². The van der Waals surface area contributed by atoms with Gasteiger partial charge in [-0.15, -0.1) is 0 Å². The van der Waals surface area contributed by atoms with Crippen molar-refractivity contribution < 1.29 is 14.9 Å². The van der Waals surface area contributed by atoms with Gasteiger partial charge in [0.25, 0.3) is 0 Å². The largest absolute Gasteiger partial charge is 0.488 e. The molecule has 1 aromatic rings. The number of para-hydroxylation sites is 1. The number of halogens is 2. The van der Waals surface area contributed by atoms with Crippen molar-refractivity contribution >= 4 is 23.2 Å². The third-order valence-corrected chi connectivity index (χ3v) is 3.88. The molecule has 1 heterocycles. The normalized spacial score (nSPS) is 21.7. The summed E-state index contributed by atoms with van der Waals surface area (Å²) in [5.41, 5.74) is 0. The highest BCUT2D eigenvalue weighted by molar-refractivity contribution is 6.37. The summed E-state index contributed by atoms with van der Waals surface area (Å²) in [7, 11) is 0. The van der Waals surface area contributed by atoms with Crippen LogP contribution < -0.4 is 4.74 Å². The Balaban J connectivity index is 1.81. The van der Waals surface area contributed by atoms with Crippen LogP contribution >= 0.6 is 23.2 Å². The van der Waals surface area contributed by atoms with E-state index in [4.69, 9.17) is 27.9 Å². The van der Waals surface area contributed by atoms with Crippen LogP contribution in [0.2, 0.25) is 10.0 Å². The van der Waals surface area contributed by atoms with Crippen LogP contribution in [0.5, 0.6) is 5.75 Å². The number of ether oxygens (including phenoxy) is 1. The van der Waals surface area contributed by atoms with Crippen molar-refractivity contribution in [1.29, 1.82) is 0 Å². The first-order valence-corrected chi connectivity index (χ1v) is 7.47. The number of aliphatic hydroxyl groups excluding tert-OH is 2. The summed E-state index contributed by atoms with van der Waals surface area (Å²) < 4.78 is 5.49. The zero-order valence-electron chi connectivity index (χ0n) is 11.1. The monoisotopic (exact) mass is 319 g/mol. The number of aliphatic hydroxyl groups is 2. The molecule has 2 rings (SSSR count). The Bertz CT molecular complexity index is 424. The molecule has 1 aliphatic heterocycles. The molecule has 1 fully saturated rings. The van der Waals surface area contributed by atoms with Gasteiger partial charge >= 0.3 is 0 Å². The Morgan fingerprint density at radius 2 is 2.05 bits per heavy atom. The van der Waals surface area contributed by atoms with Crippen LogP contribution in [0, 0.1) is 0 Å². The lowest BCUT2D eigenvalue weighted by Gasteiger charge is -2.31. The summed E-state index contributed by atoms with van der Waals surface area (Å²) in [5, 5.41) is 20.4. The van der Waals surface area contributed by atoms with Crippen LogP contribution in [0.15, 0.2) is 18.2 Å². The molecular weight excluding hydrogens is 301 g/mol. The number of hydrogen-bond acceptors (Lipinski definition) is 4. The van der Waals surface area contributed by atoms with Crippen LogP contribution in [0.1, 0.15) is 12.8 Å². The molecule has 112 valence electrons. The Morgan fingerprint density at radius 1 is 1.35 bits per heavy atom. The Hall–Kier alpha value is -0.520. The second-order valence-corrected chi connectivity index (χ2v) is 5.89. The van der Waals surface area contributed by atoms with Gasteiger partial charge in [-0.1, -0.05) is 29.3 Å². The summed E-state index contributed by atoms with van der Waals surface area (Å²) in [6.45, 7) is 2.08.